The second-order valence-electron chi connectivity index (χ2n) is 2.24. The summed E-state index contributed by atoms with van der Waals surface area (Å²) in [5.41, 5.74) is 4.80. The van der Waals surface area contributed by atoms with Crippen molar-refractivity contribution >= 4 is 0 Å². The molecule has 0 radical (unpaired) electrons. The van der Waals surface area contributed by atoms with Crippen molar-refractivity contribution in [2.45, 2.75) is 31.5 Å². The van der Waals surface area contributed by atoms with Gasteiger partial charge in [-0.3, -0.25) is 0 Å². The number of hydrogen-bond acceptors (Lipinski definition) is 1. The maximum Gasteiger partial charge on any atom is 0.403 e. The highest BCUT2D eigenvalue weighted by Gasteiger charge is 2.35. The van der Waals surface area contributed by atoms with Gasteiger partial charge < -0.3 is 5.73 Å². The van der Waals surface area contributed by atoms with Crippen molar-refractivity contribution in [3.63, 3.8) is 0 Å². The van der Waals surface area contributed by atoms with Crippen LogP contribution in [0.25, 0.3) is 0 Å². The first-order chi connectivity index (χ1) is 4.98. The molecule has 0 saturated carbocycles. The third-order valence-electron chi connectivity index (χ3n) is 1.26. The lowest BCUT2D eigenvalue weighted by Crippen LogP contribution is -2.36. The van der Waals surface area contributed by atoms with Crippen LogP contribution in [0.5, 0.6) is 0 Å². The number of nitrogens with two attached hydrogens (primary N) is 1. The Morgan fingerprint density at radius 2 is 2.00 bits per heavy atom. The molecule has 0 spiro atoms. The van der Waals surface area contributed by atoms with Gasteiger partial charge in [0.2, 0.25) is 0 Å². The van der Waals surface area contributed by atoms with E-state index in [2.05, 4.69) is 5.92 Å². The smallest absolute Gasteiger partial charge is 0.320 e. The Hall–Kier alpha value is -0.690. The van der Waals surface area contributed by atoms with E-state index < -0.39 is 12.2 Å². The molecule has 0 aromatic rings. The standard InChI is InChI=1S/C7H10F3N/c1-2-3-4-5-6(11)7(8,9)10/h1,6H,3-5,11H2. The zero-order valence-electron chi connectivity index (χ0n) is 5.99. The molecule has 1 unspecified atom stereocenters. The molecule has 1 atom stereocenters. The maximum atomic E-state index is 11.7. The summed E-state index contributed by atoms with van der Waals surface area (Å²) in [6.45, 7) is 0. The van der Waals surface area contributed by atoms with E-state index in [9.17, 15) is 13.2 Å². The molecular formula is C7H10F3N. The Bertz CT molecular complexity index is 145. The van der Waals surface area contributed by atoms with E-state index >= 15 is 0 Å². The predicted molar refractivity (Wildman–Crippen MR) is 36.7 cm³/mol. The first-order valence-electron chi connectivity index (χ1n) is 3.24. The van der Waals surface area contributed by atoms with E-state index in [0.29, 0.717) is 12.8 Å². The average molecular weight is 165 g/mol. The van der Waals surface area contributed by atoms with Crippen molar-refractivity contribution in [1.82, 2.24) is 0 Å². The van der Waals surface area contributed by atoms with Gasteiger partial charge in [-0.1, -0.05) is 0 Å². The van der Waals surface area contributed by atoms with E-state index in [0.717, 1.165) is 0 Å². The molecule has 0 heterocycles. The summed E-state index contributed by atoms with van der Waals surface area (Å²) in [7, 11) is 0. The van der Waals surface area contributed by atoms with Gasteiger partial charge in [0.05, 0.1) is 0 Å². The number of rotatable bonds is 3. The molecule has 1 nitrogen and oxygen atoms in total. The summed E-state index contributed by atoms with van der Waals surface area (Å²) in [6.07, 6.45) is 1.16. The summed E-state index contributed by atoms with van der Waals surface area (Å²) in [5, 5.41) is 0. The van der Waals surface area contributed by atoms with Crippen molar-refractivity contribution in [3.8, 4) is 12.3 Å². The molecule has 4 heteroatoms. The third kappa shape index (κ3) is 4.68. The van der Waals surface area contributed by atoms with Gasteiger partial charge in [-0.25, -0.2) is 0 Å². The van der Waals surface area contributed by atoms with E-state index in [4.69, 9.17) is 12.2 Å². The Morgan fingerprint density at radius 3 is 2.36 bits per heavy atom. The van der Waals surface area contributed by atoms with Crippen LogP contribution in [0, 0.1) is 12.3 Å². The summed E-state index contributed by atoms with van der Waals surface area (Å²) in [6, 6.07) is -1.73. The normalized spacial score (nSPS) is 14.1. The van der Waals surface area contributed by atoms with E-state index in [1.807, 2.05) is 0 Å². The van der Waals surface area contributed by atoms with E-state index in [1.165, 1.54) is 0 Å². The molecule has 11 heavy (non-hydrogen) atoms. The zero-order valence-corrected chi connectivity index (χ0v) is 5.99. The van der Waals surface area contributed by atoms with Crippen molar-refractivity contribution < 1.29 is 13.2 Å². The minimum Gasteiger partial charge on any atom is -0.320 e. The van der Waals surface area contributed by atoms with Crippen molar-refractivity contribution in [2.24, 2.45) is 5.73 Å². The topological polar surface area (TPSA) is 26.0 Å². The quantitative estimate of drug-likeness (QED) is 0.499. The first-order valence-corrected chi connectivity index (χ1v) is 3.24. The minimum atomic E-state index is -4.28. The molecule has 64 valence electrons. The van der Waals surface area contributed by atoms with Crippen LogP contribution in [0.15, 0.2) is 0 Å². The molecule has 0 bridgehead atoms. The fraction of sp³-hybridized carbons (Fsp3) is 0.714. The lowest BCUT2D eigenvalue weighted by atomic mass is 10.1. The van der Waals surface area contributed by atoms with Gasteiger partial charge >= 0.3 is 6.18 Å². The molecule has 0 rings (SSSR count). The molecule has 2 N–H and O–H groups in total. The largest absolute Gasteiger partial charge is 0.403 e. The molecule has 0 aromatic heterocycles. The van der Waals surface area contributed by atoms with Crippen LogP contribution in [0.1, 0.15) is 19.3 Å². The number of halogens is 3. The first kappa shape index (κ1) is 10.3. The second-order valence-corrected chi connectivity index (χ2v) is 2.24. The summed E-state index contributed by atoms with van der Waals surface area (Å²) in [4.78, 5) is 0. The van der Waals surface area contributed by atoms with Crippen LogP contribution < -0.4 is 5.73 Å². The van der Waals surface area contributed by atoms with Crippen LogP contribution in [0.4, 0.5) is 13.2 Å². The lowest BCUT2D eigenvalue weighted by molar-refractivity contribution is -0.149. The van der Waals surface area contributed by atoms with Gasteiger partial charge in [0.1, 0.15) is 6.04 Å². The van der Waals surface area contributed by atoms with Crippen LogP contribution in [-0.4, -0.2) is 12.2 Å². The number of unbranched alkanes of at least 4 members (excludes halogenated alkanes) is 1. The molecule has 0 fully saturated rings. The molecule has 0 aromatic carbocycles. The van der Waals surface area contributed by atoms with Gasteiger partial charge in [0, 0.05) is 6.42 Å². The highest BCUT2D eigenvalue weighted by Crippen LogP contribution is 2.21. The van der Waals surface area contributed by atoms with E-state index in [-0.39, 0.29) is 6.42 Å². The molecule has 0 saturated heterocycles. The average Bonchev–Trinajstić information content (AvgIpc) is 1.86. The third-order valence-corrected chi connectivity index (χ3v) is 1.26. The van der Waals surface area contributed by atoms with Gasteiger partial charge in [-0.15, -0.1) is 12.3 Å². The fourth-order valence-corrected chi connectivity index (χ4v) is 0.588. The Morgan fingerprint density at radius 1 is 1.45 bits per heavy atom. The molecule has 0 amide bonds. The zero-order chi connectivity index (χ0) is 8.91. The highest BCUT2D eigenvalue weighted by atomic mass is 19.4. The molecule has 0 aliphatic heterocycles. The summed E-state index contributed by atoms with van der Waals surface area (Å²) in [5.74, 6) is 2.25. The fourth-order valence-electron chi connectivity index (χ4n) is 0.588. The van der Waals surface area contributed by atoms with Gasteiger partial charge in [-0.2, -0.15) is 13.2 Å². The highest BCUT2D eigenvalue weighted by molar-refractivity contribution is 4.84. The Balaban J connectivity index is 3.55. The number of terminal acetylenes is 1. The monoisotopic (exact) mass is 165 g/mol. The van der Waals surface area contributed by atoms with Crippen LogP contribution in [-0.2, 0) is 0 Å². The van der Waals surface area contributed by atoms with Gasteiger partial charge in [0.25, 0.3) is 0 Å². The Labute approximate surface area is 63.8 Å². The number of alkyl halides is 3. The maximum absolute atomic E-state index is 11.7. The van der Waals surface area contributed by atoms with Gasteiger partial charge in [0.15, 0.2) is 0 Å². The minimum absolute atomic E-state index is 0.0896. The molecular weight excluding hydrogens is 155 g/mol. The summed E-state index contributed by atoms with van der Waals surface area (Å²) < 4.78 is 35.1. The number of hydrogen-bond donors (Lipinski definition) is 1. The van der Waals surface area contributed by atoms with Crippen molar-refractivity contribution in [2.75, 3.05) is 0 Å². The lowest BCUT2D eigenvalue weighted by Gasteiger charge is -2.13. The Kier molecular flexibility index (Phi) is 3.98. The van der Waals surface area contributed by atoms with Crippen molar-refractivity contribution in [1.29, 1.82) is 0 Å². The SMILES string of the molecule is C#CCCCC(N)C(F)(F)F. The second kappa shape index (κ2) is 4.24. The van der Waals surface area contributed by atoms with Crippen LogP contribution in [0.2, 0.25) is 0 Å². The molecule has 0 aliphatic carbocycles. The summed E-state index contributed by atoms with van der Waals surface area (Å²) >= 11 is 0. The van der Waals surface area contributed by atoms with Crippen LogP contribution >= 0.6 is 0 Å². The van der Waals surface area contributed by atoms with E-state index in [1.54, 1.807) is 0 Å². The van der Waals surface area contributed by atoms with Gasteiger partial charge in [-0.05, 0) is 12.8 Å². The molecule has 0 aliphatic rings. The van der Waals surface area contributed by atoms with Crippen LogP contribution in [0.3, 0.4) is 0 Å². The predicted octanol–water partition coefficient (Wildman–Crippen LogP) is 1.68. The van der Waals surface area contributed by atoms with Crippen molar-refractivity contribution in [3.05, 3.63) is 0 Å².